The molecule has 4 aliphatic heterocycles. The average Bonchev–Trinajstić information content (AvgIpc) is 1.67. The van der Waals surface area contributed by atoms with Crippen LogP contribution in [0.4, 0.5) is 32.3 Å². The summed E-state index contributed by atoms with van der Waals surface area (Å²) in [5.74, 6) is 2.25. The van der Waals surface area contributed by atoms with Crippen LogP contribution >= 0.6 is 23.5 Å². The molecule has 5 heterocycles. The quantitative estimate of drug-likeness (QED) is 0.00144. The number of benzene rings is 5. The number of ketones is 8. The van der Waals surface area contributed by atoms with Gasteiger partial charge in [0.2, 0.25) is 41.1 Å². The average molecular weight is 2040 g/mol. The molecule has 10 rings (SSSR count). The van der Waals surface area contributed by atoms with E-state index in [4.69, 9.17) is 36.0 Å². The van der Waals surface area contributed by atoms with Gasteiger partial charge >= 0.3 is 40.5 Å². The van der Waals surface area contributed by atoms with Crippen molar-refractivity contribution >= 4 is 167 Å². The molecule has 9 amide bonds. The Kier molecular flexibility index (Phi) is 63.1. The number of nitrogens with zero attached hydrogens (tertiary/aromatic N) is 9. The maximum atomic E-state index is 12.4. The third-order valence-corrected chi connectivity index (χ3v) is 23.6. The number of aliphatic carboxylic acids is 1. The zero-order valence-electron chi connectivity index (χ0n) is 79.1. The third-order valence-electron chi connectivity index (χ3n) is 20.5. The van der Waals surface area contributed by atoms with E-state index < -0.39 is 32.4 Å². The summed E-state index contributed by atoms with van der Waals surface area (Å²) in [6.45, 7) is 9.86. The van der Waals surface area contributed by atoms with E-state index >= 15 is 0 Å². The second-order valence-corrected chi connectivity index (χ2v) is 34.6. The van der Waals surface area contributed by atoms with Crippen LogP contribution in [0.3, 0.4) is 0 Å². The van der Waals surface area contributed by atoms with Crippen molar-refractivity contribution in [2.45, 2.75) is 243 Å². The first kappa shape index (κ1) is 122. The van der Waals surface area contributed by atoms with Crippen LogP contribution in [0.15, 0.2) is 138 Å². The Morgan fingerprint density at radius 2 is 0.943 bits per heavy atom. The van der Waals surface area contributed by atoms with Crippen LogP contribution in [-0.2, 0) is 79.8 Å². The van der Waals surface area contributed by atoms with E-state index in [2.05, 4.69) is 84.1 Å². The molecule has 4 saturated heterocycles. The minimum atomic E-state index is -1.62. The summed E-state index contributed by atoms with van der Waals surface area (Å²) in [6.07, 6.45) is 22.8. The van der Waals surface area contributed by atoms with Crippen molar-refractivity contribution in [3.8, 4) is 12.3 Å². The number of unbranched alkanes of at least 4 members (excludes halogenated alkanes) is 3. The number of urea groups is 2. The van der Waals surface area contributed by atoms with Gasteiger partial charge in [-0.3, -0.25) is 81.4 Å². The number of rotatable bonds is 50. The number of carbonyl (C=O) groups excluding carboxylic acids is 17. The number of nitrogens with two attached hydrogens (primary N) is 1. The van der Waals surface area contributed by atoms with E-state index in [0.717, 1.165) is 68.6 Å². The molecule has 6 aromatic rings. The summed E-state index contributed by atoms with van der Waals surface area (Å²) in [7, 11) is 0. The number of hydrogen-bond acceptors (Lipinski definition) is 27. The second kappa shape index (κ2) is 72.4. The molecule has 44 heteroatoms. The molecule has 4 fully saturated rings. The van der Waals surface area contributed by atoms with Crippen molar-refractivity contribution < 1.29 is 105 Å². The molecule has 0 radical (unpaired) electrons. The minimum Gasteiger partial charge on any atom is -0.326 e. The van der Waals surface area contributed by atoms with Crippen LogP contribution < -0.4 is 53.6 Å². The number of anilines is 4. The topological polar surface area (TPSA) is 656 Å². The minimum absolute atomic E-state index is 0. The van der Waals surface area contributed by atoms with Gasteiger partial charge in [0.15, 0.2) is 29.9 Å². The summed E-state index contributed by atoms with van der Waals surface area (Å²) in [4.78, 5) is 208. The number of aldehydes is 2. The Labute approximate surface area is 826 Å². The largest absolute Gasteiger partial charge is 0.326 e. The van der Waals surface area contributed by atoms with Crippen molar-refractivity contribution in [3.05, 3.63) is 187 Å². The first-order valence-electron chi connectivity index (χ1n) is 45.3. The molecule has 0 aliphatic carbocycles. The molecule has 5 aromatic carbocycles. The third kappa shape index (κ3) is 53.7. The normalized spacial score (nSPS) is 14.7. The summed E-state index contributed by atoms with van der Waals surface area (Å²) >= 11 is 2.17. The molecule has 0 unspecified atom stereocenters. The molecule has 0 saturated carbocycles. The summed E-state index contributed by atoms with van der Waals surface area (Å²) < 4.78 is 18.5. The van der Waals surface area contributed by atoms with E-state index in [1.807, 2.05) is 37.4 Å². The van der Waals surface area contributed by atoms with Crippen molar-refractivity contribution in [2.75, 3.05) is 59.4 Å². The smallest absolute Gasteiger partial charge is 0.225 e. The molecule has 1 aromatic heterocycles. The molecule has 0 bridgehead atoms. The van der Waals surface area contributed by atoms with Gasteiger partial charge in [-0.1, -0.05) is 109 Å². The maximum Gasteiger partial charge on any atom is 0.225 e. The molecule has 4 aliphatic rings. The standard InChI is InChI=1S/C31H40N6O6S.C19H29N3O3S.C12H15NO2.C11H10N4O3.C11H12N4O2.C8H9NO.C4H8O2.O2Se.H2O/c38-19-27(41)22-7-3-6-21(16-22)17-25(40)13-15-37-18-23(35-36-37)8-4-12-29(42)32-14-5-10-24(39)9-1-2-11-28-30-26(20-44-28)33-31(43)34-30;1-2-3-4-11-17(24)20-12-7-9-14(23)8-5-6-10-16-18-15(13-26-16)21-19(25)22-18;1-3-5-12(15)13-11-7-4-6-10(8-11)9(2)14;12-15-13-5-4-11(18)14-9-3-1-2-8(6-9)10(17)7-16;1-8(16)9-3-2-4-10(7-9)14-11(17)5-6-13-15-12;1-6(10)7-3-2-4-8(9)5-7;1-2-3-4(5)6;1-3-2;/h3,6-7,16,18-19,26,28,30H,1-2,4-5,8-15,17,20H2,(H,32,42)(H2,33,34,43);1,15-16,18H,3-13H2,(H,20,24)(H2,21,22,25);4,6-8H,3,5H2,1-2H3,(H,13,15);1-3,6-7H,4-5H2,(H,14,18);2-4,7H,5-6H2,1H3,(H,14,17);2-5H,9H2,1H3;2-3H2,1H3,(H,5,6);;1H2/t26-,28-,30-;15-,16-,18-;;;;;;;/m00......./s1. The number of nitrogens with one attached hydrogen (secondary N) is 9. The van der Waals surface area contributed by atoms with Crippen LogP contribution in [0.1, 0.15) is 252 Å². The number of hydrogen-bond donors (Lipinski definition) is 11. The summed E-state index contributed by atoms with van der Waals surface area (Å²) in [6, 6.07) is 33.9. The van der Waals surface area contributed by atoms with Crippen LogP contribution in [0.2, 0.25) is 0 Å². The fourth-order valence-electron chi connectivity index (χ4n) is 13.6. The van der Waals surface area contributed by atoms with Gasteiger partial charge in [-0.05, 0) is 163 Å². The summed E-state index contributed by atoms with van der Waals surface area (Å²) in [5, 5.41) is 48.9. The van der Waals surface area contributed by atoms with E-state index in [1.165, 1.54) is 32.9 Å². The first-order valence-corrected chi connectivity index (χ1v) is 48.8. The predicted molar refractivity (Wildman–Crippen MR) is 530 cm³/mol. The van der Waals surface area contributed by atoms with Crippen molar-refractivity contribution in [1.82, 2.24) is 46.9 Å². The summed E-state index contributed by atoms with van der Waals surface area (Å²) in [5.41, 5.74) is 27.5. The number of aromatic nitrogens is 3. The molecule has 41 nitrogen and oxygen atoms in total. The monoisotopic (exact) mass is 2040 g/mol. The van der Waals surface area contributed by atoms with Gasteiger partial charge in [-0.15, -0.1) is 17.4 Å². The molecular formula is C96H125N19O22S2Se. The van der Waals surface area contributed by atoms with Gasteiger partial charge in [0.1, 0.15) is 17.3 Å². The Bertz CT molecular complexity index is 5310. The van der Waals surface area contributed by atoms with Crippen LogP contribution in [-0.4, -0.2) is 219 Å². The molecular weight excluding hydrogens is 1910 g/mol. The number of nitrogen functional groups attached to an aromatic ring is 1. The number of thioether (sulfide) groups is 2. The molecule has 14 N–H and O–H groups in total. The van der Waals surface area contributed by atoms with Gasteiger partial charge in [0.25, 0.3) is 0 Å². The molecule has 754 valence electrons. The Morgan fingerprint density at radius 1 is 0.529 bits per heavy atom. The number of carboxylic acids is 1. The van der Waals surface area contributed by atoms with Gasteiger partial charge in [-0.2, -0.15) is 23.5 Å². The predicted octanol–water partition coefficient (Wildman–Crippen LogP) is 12.1. The number of carbonyl (C=O) groups is 18. The second-order valence-electron chi connectivity index (χ2n) is 31.8. The Hall–Kier alpha value is -13.9. The number of aryl methyl sites for hydroxylation is 2. The molecule has 0 spiro atoms. The van der Waals surface area contributed by atoms with Gasteiger partial charge in [-0.25, -0.2) is 9.59 Å². The number of Topliss-reactive ketones (excluding diaryl/α,β-unsaturated/α-hetero) is 8. The van der Waals surface area contributed by atoms with Crippen molar-refractivity contribution in [3.63, 3.8) is 0 Å². The Balaban J connectivity index is 0.000000593. The van der Waals surface area contributed by atoms with Crippen LogP contribution in [0.5, 0.6) is 0 Å². The number of carboxylic acid groups (broad SMARTS) is 1. The fourth-order valence-corrected chi connectivity index (χ4v) is 16.7. The first-order chi connectivity index (χ1) is 66.7. The molecule has 6 atom stereocenters. The zero-order chi connectivity index (χ0) is 103. The van der Waals surface area contributed by atoms with E-state index in [9.17, 15) is 86.3 Å². The van der Waals surface area contributed by atoms with E-state index in [1.54, 1.807) is 120 Å². The zero-order valence-corrected chi connectivity index (χ0v) is 82.4. The number of terminal acetylenes is 1. The maximum absolute atomic E-state index is 12.4. The fraction of sp³-hybridized carbons (Fsp3) is 0.458. The SMILES string of the molecule is C#CCCCC(=O)NCCCC(=O)CCCC[C@@H]1SC[C@@H]2NC(=O)N[C@@H]21.CC(=O)c1cccc(N)c1.CC(=O)c1cccc(NC(=O)CCN=[N+]=[N-])c1.CCCC(=O)Nc1cccc(C(C)=O)c1.CCCC(=O)O.O.O=CC(=O)c1cccc(CC(=O)CCn2cc(CCCC(=O)NCCCC(=O)CCCC[C@@H]3SC[C@@H]4NC(=O)N[C@@H]43)nn2)c1.O=[Se]=O.[N-]=[N+]=NCCC(=O)Nc1cccc(C(=O)C=O)c1. The van der Waals surface area contributed by atoms with Crippen LogP contribution in [0, 0.1) is 12.3 Å². The van der Waals surface area contributed by atoms with Gasteiger partial charge in [0, 0.05) is 205 Å². The van der Waals surface area contributed by atoms with Crippen molar-refractivity contribution in [2.24, 2.45) is 10.2 Å². The number of amides is 9. The molecule has 140 heavy (non-hydrogen) atoms. The number of fused-ring (bicyclic) bond motifs is 2. The number of azide groups is 2. The van der Waals surface area contributed by atoms with Crippen LogP contribution in [0.25, 0.3) is 20.9 Å². The van der Waals surface area contributed by atoms with E-state index in [-0.39, 0.29) is 168 Å². The van der Waals surface area contributed by atoms with E-state index in [0.29, 0.717) is 165 Å². The Morgan fingerprint density at radius 3 is 1.36 bits per heavy atom. The van der Waals surface area contributed by atoms with Gasteiger partial charge in [0.05, 0.1) is 29.9 Å². The van der Waals surface area contributed by atoms with Gasteiger partial charge < -0.3 is 64.2 Å². The van der Waals surface area contributed by atoms with Crippen molar-refractivity contribution in [1.29, 1.82) is 0 Å².